The van der Waals surface area contributed by atoms with E-state index < -0.39 is 23.1 Å². The number of amides is 1. The fourth-order valence-corrected chi connectivity index (χ4v) is 3.47. The first kappa shape index (κ1) is 20.6. The summed E-state index contributed by atoms with van der Waals surface area (Å²) in [5.41, 5.74) is -0.828. The Morgan fingerprint density at radius 2 is 1.92 bits per heavy atom. The molecule has 0 aliphatic carbocycles. The van der Waals surface area contributed by atoms with Crippen molar-refractivity contribution in [2.75, 3.05) is 31.3 Å². The number of carboxylic acids is 1. The van der Waals surface area contributed by atoms with Crippen molar-refractivity contribution in [1.29, 1.82) is 0 Å². The van der Waals surface area contributed by atoms with Crippen LogP contribution >= 0.6 is 11.8 Å². The normalized spacial score (nSPS) is 16.9. The Morgan fingerprint density at radius 3 is 2.54 bits per heavy atom. The lowest BCUT2D eigenvalue weighted by Gasteiger charge is -2.38. The first-order valence-electron chi connectivity index (χ1n) is 8.05. The highest BCUT2D eigenvalue weighted by Gasteiger charge is 2.37. The third-order valence-electron chi connectivity index (χ3n) is 4.33. The minimum absolute atomic E-state index is 0.0124. The lowest BCUT2D eigenvalue weighted by molar-refractivity contribution is -0.138. The Labute approximate surface area is 153 Å². The molecule has 0 atom stereocenters. The van der Waals surface area contributed by atoms with E-state index in [0.717, 1.165) is 23.9 Å². The van der Waals surface area contributed by atoms with E-state index in [1.165, 1.54) is 6.07 Å². The quantitative estimate of drug-likeness (QED) is 0.748. The van der Waals surface area contributed by atoms with Crippen LogP contribution in [0.2, 0.25) is 0 Å². The summed E-state index contributed by atoms with van der Waals surface area (Å²) in [5, 5.41) is 11.3. The van der Waals surface area contributed by atoms with Gasteiger partial charge in [0, 0.05) is 25.2 Å². The van der Waals surface area contributed by atoms with Crippen LogP contribution in [0.5, 0.6) is 0 Å². The number of alkyl halides is 3. The summed E-state index contributed by atoms with van der Waals surface area (Å²) >= 11 is 0.972. The van der Waals surface area contributed by atoms with Crippen LogP contribution in [0.25, 0.3) is 0 Å². The third-order valence-corrected chi connectivity index (χ3v) is 5.25. The first-order chi connectivity index (χ1) is 12.2. The maximum atomic E-state index is 13.0. The summed E-state index contributed by atoms with van der Waals surface area (Å²) in [6, 6.07) is 5.18. The molecule has 1 aromatic carbocycles. The second-order valence-corrected chi connectivity index (χ2v) is 7.12. The Kier molecular flexibility index (Phi) is 6.94. The zero-order chi connectivity index (χ0) is 19.2. The van der Waals surface area contributed by atoms with Crippen molar-refractivity contribution in [2.24, 2.45) is 0 Å². The molecule has 1 amide bonds. The second-order valence-electron chi connectivity index (χ2n) is 6.13. The highest BCUT2D eigenvalue weighted by Crippen LogP contribution is 2.37. The van der Waals surface area contributed by atoms with Crippen molar-refractivity contribution >= 4 is 23.6 Å². The van der Waals surface area contributed by atoms with E-state index in [4.69, 9.17) is 9.84 Å². The maximum Gasteiger partial charge on any atom is 0.416 e. The molecular weight excluding hydrogens is 371 g/mol. The van der Waals surface area contributed by atoms with Gasteiger partial charge in [-0.1, -0.05) is 18.2 Å². The van der Waals surface area contributed by atoms with Crippen molar-refractivity contribution in [3.8, 4) is 0 Å². The highest BCUT2D eigenvalue weighted by molar-refractivity contribution is 8.00. The van der Waals surface area contributed by atoms with Gasteiger partial charge in [0.15, 0.2) is 0 Å². The minimum Gasteiger partial charge on any atom is -0.481 e. The number of carboxylic acid groups (broad SMARTS) is 1. The summed E-state index contributed by atoms with van der Waals surface area (Å²) in [6.07, 6.45) is -3.44. The third kappa shape index (κ3) is 5.63. The zero-order valence-corrected chi connectivity index (χ0v) is 14.8. The first-order valence-corrected chi connectivity index (χ1v) is 9.20. The van der Waals surface area contributed by atoms with Crippen LogP contribution in [0.3, 0.4) is 0 Å². The van der Waals surface area contributed by atoms with Gasteiger partial charge in [0.1, 0.15) is 0 Å². The zero-order valence-electron chi connectivity index (χ0n) is 14.0. The van der Waals surface area contributed by atoms with Gasteiger partial charge in [0.05, 0.1) is 17.1 Å². The molecule has 2 rings (SSSR count). The van der Waals surface area contributed by atoms with E-state index in [0.29, 0.717) is 31.6 Å². The number of hydrogen-bond acceptors (Lipinski definition) is 4. The van der Waals surface area contributed by atoms with Crippen LogP contribution < -0.4 is 5.32 Å². The molecule has 0 bridgehead atoms. The van der Waals surface area contributed by atoms with Gasteiger partial charge in [-0.15, -0.1) is 11.8 Å². The minimum atomic E-state index is -4.43. The van der Waals surface area contributed by atoms with E-state index in [1.54, 1.807) is 6.07 Å². The number of nitrogens with one attached hydrogen (secondary N) is 1. The van der Waals surface area contributed by atoms with Crippen molar-refractivity contribution in [2.45, 2.75) is 24.4 Å². The Bertz CT molecular complexity index is 645. The van der Waals surface area contributed by atoms with Crippen LogP contribution in [0.15, 0.2) is 24.3 Å². The van der Waals surface area contributed by atoms with Crippen molar-refractivity contribution in [3.05, 3.63) is 35.4 Å². The number of carbonyl (C=O) groups is 2. The van der Waals surface area contributed by atoms with Crippen molar-refractivity contribution in [3.63, 3.8) is 0 Å². The van der Waals surface area contributed by atoms with Gasteiger partial charge in [0.2, 0.25) is 5.91 Å². The van der Waals surface area contributed by atoms with Crippen LogP contribution in [0.1, 0.15) is 24.0 Å². The lowest BCUT2D eigenvalue weighted by atomic mass is 9.73. The summed E-state index contributed by atoms with van der Waals surface area (Å²) in [6.45, 7) is 0.990. The van der Waals surface area contributed by atoms with Crippen LogP contribution in [-0.4, -0.2) is 48.2 Å². The van der Waals surface area contributed by atoms with E-state index in [1.807, 2.05) is 0 Å². The Morgan fingerprint density at radius 1 is 1.23 bits per heavy atom. The number of hydrogen-bond donors (Lipinski definition) is 2. The van der Waals surface area contributed by atoms with E-state index >= 15 is 0 Å². The van der Waals surface area contributed by atoms with E-state index in [9.17, 15) is 22.8 Å². The van der Waals surface area contributed by atoms with Crippen molar-refractivity contribution in [1.82, 2.24) is 5.32 Å². The fraction of sp³-hybridized carbons (Fsp3) is 0.529. The standard InChI is InChI=1S/C17H20F3NO4S/c18-17(19,20)13-3-1-2-12(8-13)16(4-6-25-7-5-16)11-21-14(22)9-26-10-15(23)24/h1-3,8H,4-7,9-11H2,(H,21,22)(H,23,24). The number of thioether (sulfide) groups is 1. The molecule has 1 saturated heterocycles. The molecule has 1 fully saturated rings. The molecule has 1 aliphatic heterocycles. The van der Waals surface area contributed by atoms with Gasteiger partial charge in [-0.2, -0.15) is 13.2 Å². The molecule has 0 unspecified atom stereocenters. The molecular formula is C17H20F3NO4S. The van der Waals surface area contributed by atoms with E-state index in [2.05, 4.69) is 5.32 Å². The Balaban J connectivity index is 2.11. The predicted octanol–water partition coefficient (Wildman–Crippen LogP) is 2.69. The lowest BCUT2D eigenvalue weighted by Crippen LogP contribution is -2.45. The number of rotatable bonds is 7. The molecule has 26 heavy (non-hydrogen) atoms. The smallest absolute Gasteiger partial charge is 0.416 e. The van der Waals surface area contributed by atoms with Crippen LogP contribution in [0.4, 0.5) is 13.2 Å². The molecule has 0 saturated carbocycles. The Hall–Kier alpha value is -1.74. The van der Waals surface area contributed by atoms with Gasteiger partial charge in [0.25, 0.3) is 0 Å². The molecule has 1 aliphatic rings. The molecule has 144 valence electrons. The maximum absolute atomic E-state index is 13.0. The van der Waals surface area contributed by atoms with Gasteiger partial charge in [-0.3, -0.25) is 9.59 Å². The van der Waals surface area contributed by atoms with Gasteiger partial charge in [-0.25, -0.2) is 0 Å². The summed E-state index contributed by atoms with van der Waals surface area (Å²) in [4.78, 5) is 22.4. The van der Waals surface area contributed by atoms with Crippen LogP contribution in [0, 0.1) is 0 Å². The summed E-state index contributed by atoms with van der Waals surface area (Å²) in [7, 11) is 0. The topological polar surface area (TPSA) is 75.6 Å². The molecule has 1 aromatic rings. The van der Waals surface area contributed by atoms with Gasteiger partial charge in [-0.05, 0) is 24.5 Å². The average Bonchev–Trinajstić information content (AvgIpc) is 2.60. The van der Waals surface area contributed by atoms with Crippen molar-refractivity contribution < 1.29 is 32.6 Å². The molecule has 9 heteroatoms. The number of ether oxygens (including phenoxy) is 1. The monoisotopic (exact) mass is 391 g/mol. The second kappa shape index (κ2) is 8.77. The van der Waals surface area contributed by atoms with Gasteiger partial charge < -0.3 is 15.2 Å². The molecule has 5 nitrogen and oxygen atoms in total. The predicted molar refractivity (Wildman–Crippen MR) is 91.1 cm³/mol. The number of benzene rings is 1. The highest BCUT2D eigenvalue weighted by atomic mass is 32.2. The molecule has 0 radical (unpaired) electrons. The molecule has 1 heterocycles. The molecule has 2 N–H and O–H groups in total. The molecule has 0 aromatic heterocycles. The number of carbonyl (C=O) groups excluding carboxylic acids is 1. The summed E-state index contributed by atoms with van der Waals surface area (Å²) in [5.74, 6) is -1.54. The SMILES string of the molecule is O=C(O)CSCC(=O)NCC1(c2cccc(C(F)(F)F)c2)CCOCC1. The number of aliphatic carboxylic acids is 1. The van der Waals surface area contributed by atoms with Gasteiger partial charge >= 0.3 is 12.1 Å². The average molecular weight is 391 g/mol. The number of halogens is 3. The fourth-order valence-electron chi connectivity index (χ4n) is 2.90. The van der Waals surface area contributed by atoms with E-state index in [-0.39, 0.29) is 24.0 Å². The summed E-state index contributed by atoms with van der Waals surface area (Å²) < 4.78 is 44.4. The largest absolute Gasteiger partial charge is 0.481 e. The molecule has 0 spiro atoms. The van der Waals surface area contributed by atoms with Crippen LogP contribution in [-0.2, 0) is 25.9 Å².